The maximum atomic E-state index is 6.11. The monoisotopic (exact) mass is 309 g/mol. The van der Waals surface area contributed by atoms with Gasteiger partial charge in [0, 0.05) is 17.3 Å². The van der Waals surface area contributed by atoms with E-state index in [0.29, 0.717) is 16.1 Å². The van der Waals surface area contributed by atoms with Crippen LogP contribution < -0.4 is 5.32 Å². The summed E-state index contributed by atoms with van der Waals surface area (Å²) in [5, 5.41) is 9.21. The Bertz CT molecular complexity index is 622. The second-order valence-electron chi connectivity index (χ2n) is 5.06. The SMILES string of the molecule is CCNC1CCCc2c1cnn2-c1ccc(Cl)c(Cl)c1. The molecule has 1 heterocycles. The Balaban J connectivity index is 2.01. The molecule has 1 N–H and O–H groups in total. The van der Waals surface area contributed by atoms with E-state index in [0.717, 1.165) is 18.7 Å². The summed E-state index contributed by atoms with van der Waals surface area (Å²) >= 11 is 12.1. The average molecular weight is 310 g/mol. The predicted octanol–water partition coefficient (Wildman–Crippen LogP) is 4.17. The molecule has 1 unspecified atom stereocenters. The Labute approximate surface area is 128 Å². The predicted molar refractivity (Wildman–Crippen MR) is 82.9 cm³/mol. The van der Waals surface area contributed by atoms with Gasteiger partial charge in [-0.15, -0.1) is 0 Å². The highest BCUT2D eigenvalue weighted by atomic mass is 35.5. The number of rotatable bonds is 3. The second kappa shape index (κ2) is 5.76. The van der Waals surface area contributed by atoms with Crippen LogP contribution in [-0.4, -0.2) is 16.3 Å². The standard InChI is InChI=1S/C15H17Cl2N3/c1-2-18-14-4-3-5-15-11(14)9-19-20(15)10-6-7-12(16)13(17)8-10/h6-9,14,18H,2-5H2,1H3. The Morgan fingerprint density at radius 3 is 2.95 bits per heavy atom. The van der Waals surface area contributed by atoms with Gasteiger partial charge in [0.1, 0.15) is 0 Å². The number of hydrogen-bond acceptors (Lipinski definition) is 2. The maximum absolute atomic E-state index is 6.11. The van der Waals surface area contributed by atoms with E-state index >= 15 is 0 Å². The fourth-order valence-electron chi connectivity index (χ4n) is 2.85. The highest BCUT2D eigenvalue weighted by Crippen LogP contribution is 2.32. The minimum Gasteiger partial charge on any atom is -0.310 e. The van der Waals surface area contributed by atoms with Crippen molar-refractivity contribution in [3.05, 3.63) is 45.7 Å². The summed E-state index contributed by atoms with van der Waals surface area (Å²) in [6, 6.07) is 6.06. The number of fused-ring (bicyclic) bond motifs is 1. The van der Waals surface area contributed by atoms with Crippen LogP contribution in [0.25, 0.3) is 5.69 Å². The molecule has 0 radical (unpaired) electrons. The van der Waals surface area contributed by atoms with Crippen molar-refractivity contribution in [2.24, 2.45) is 0 Å². The van der Waals surface area contributed by atoms with E-state index in [4.69, 9.17) is 23.2 Å². The van der Waals surface area contributed by atoms with E-state index in [2.05, 4.69) is 17.3 Å². The molecule has 1 aromatic carbocycles. The van der Waals surface area contributed by atoms with Gasteiger partial charge < -0.3 is 5.32 Å². The molecule has 0 saturated carbocycles. The molecular weight excluding hydrogens is 293 g/mol. The lowest BCUT2D eigenvalue weighted by Gasteiger charge is -2.23. The molecule has 0 amide bonds. The van der Waals surface area contributed by atoms with Gasteiger partial charge in [-0.05, 0) is 44.0 Å². The fourth-order valence-corrected chi connectivity index (χ4v) is 3.15. The van der Waals surface area contributed by atoms with Gasteiger partial charge in [0.2, 0.25) is 0 Å². The van der Waals surface area contributed by atoms with Crippen LogP contribution in [0.4, 0.5) is 0 Å². The smallest absolute Gasteiger partial charge is 0.0664 e. The van der Waals surface area contributed by atoms with E-state index in [1.54, 1.807) is 0 Å². The lowest BCUT2D eigenvalue weighted by atomic mass is 9.93. The van der Waals surface area contributed by atoms with Crippen LogP contribution in [0.5, 0.6) is 0 Å². The quantitative estimate of drug-likeness (QED) is 0.922. The largest absolute Gasteiger partial charge is 0.310 e. The van der Waals surface area contributed by atoms with Crippen LogP contribution >= 0.6 is 23.2 Å². The van der Waals surface area contributed by atoms with Crippen LogP contribution in [0.3, 0.4) is 0 Å². The third-order valence-corrected chi connectivity index (χ3v) is 4.52. The summed E-state index contributed by atoms with van der Waals surface area (Å²) < 4.78 is 1.99. The molecule has 3 rings (SSSR count). The lowest BCUT2D eigenvalue weighted by Crippen LogP contribution is -2.24. The summed E-state index contributed by atoms with van der Waals surface area (Å²) in [7, 11) is 0. The lowest BCUT2D eigenvalue weighted by molar-refractivity contribution is 0.467. The molecule has 2 aromatic rings. The molecule has 3 nitrogen and oxygen atoms in total. The highest BCUT2D eigenvalue weighted by molar-refractivity contribution is 6.42. The Hall–Kier alpha value is -1.03. The zero-order valence-electron chi connectivity index (χ0n) is 11.4. The first-order chi connectivity index (χ1) is 9.70. The Morgan fingerprint density at radius 2 is 2.20 bits per heavy atom. The van der Waals surface area contributed by atoms with Crippen molar-refractivity contribution in [3.8, 4) is 5.69 Å². The van der Waals surface area contributed by atoms with Gasteiger partial charge in [-0.25, -0.2) is 4.68 Å². The van der Waals surface area contributed by atoms with E-state index < -0.39 is 0 Å². The number of nitrogens with one attached hydrogen (secondary N) is 1. The number of nitrogens with zero attached hydrogens (tertiary/aromatic N) is 2. The van der Waals surface area contributed by atoms with Crippen molar-refractivity contribution < 1.29 is 0 Å². The summed E-state index contributed by atoms with van der Waals surface area (Å²) in [4.78, 5) is 0. The van der Waals surface area contributed by atoms with E-state index in [1.165, 1.54) is 24.1 Å². The Kier molecular flexibility index (Phi) is 4.01. The van der Waals surface area contributed by atoms with Crippen LogP contribution in [0.2, 0.25) is 10.0 Å². The minimum absolute atomic E-state index is 0.417. The van der Waals surface area contributed by atoms with Crippen molar-refractivity contribution in [2.75, 3.05) is 6.54 Å². The number of halogens is 2. The molecular formula is C15H17Cl2N3. The van der Waals surface area contributed by atoms with Gasteiger partial charge >= 0.3 is 0 Å². The minimum atomic E-state index is 0.417. The van der Waals surface area contributed by atoms with Crippen molar-refractivity contribution in [1.82, 2.24) is 15.1 Å². The normalized spacial score (nSPS) is 18.1. The summed E-state index contributed by atoms with van der Waals surface area (Å²) in [6.45, 7) is 3.11. The van der Waals surface area contributed by atoms with Crippen molar-refractivity contribution in [3.63, 3.8) is 0 Å². The zero-order valence-corrected chi connectivity index (χ0v) is 12.9. The molecule has 1 atom stereocenters. The van der Waals surface area contributed by atoms with E-state index in [1.807, 2.05) is 29.1 Å². The maximum Gasteiger partial charge on any atom is 0.0664 e. The summed E-state index contributed by atoms with van der Waals surface area (Å²) in [6.07, 6.45) is 5.38. The molecule has 0 bridgehead atoms. The van der Waals surface area contributed by atoms with Gasteiger partial charge in [-0.3, -0.25) is 0 Å². The van der Waals surface area contributed by atoms with Gasteiger partial charge in [0.25, 0.3) is 0 Å². The summed E-state index contributed by atoms with van der Waals surface area (Å²) in [5.41, 5.74) is 3.56. The Morgan fingerprint density at radius 1 is 1.35 bits per heavy atom. The van der Waals surface area contributed by atoms with Crippen molar-refractivity contribution in [2.45, 2.75) is 32.2 Å². The van der Waals surface area contributed by atoms with Gasteiger partial charge in [-0.2, -0.15) is 5.10 Å². The number of hydrogen-bond donors (Lipinski definition) is 1. The molecule has 20 heavy (non-hydrogen) atoms. The average Bonchev–Trinajstić information content (AvgIpc) is 2.87. The third kappa shape index (κ3) is 2.46. The number of aromatic nitrogens is 2. The first kappa shape index (κ1) is 13.9. The van der Waals surface area contributed by atoms with Crippen molar-refractivity contribution in [1.29, 1.82) is 0 Å². The highest BCUT2D eigenvalue weighted by Gasteiger charge is 2.24. The van der Waals surface area contributed by atoms with Crippen LogP contribution in [0, 0.1) is 0 Å². The first-order valence-electron chi connectivity index (χ1n) is 6.96. The van der Waals surface area contributed by atoms with Crippen molar-refractivity contribution >= 4 is 23.2 Å². The van der Waals surface area contributed by atoms with Gasteiger partial charge in [-0.1, -0.05) is 30.1 Å². The molecule has 0 saturated heterocycles. The molecule has 0 spiro atoms. The van der Waals surface area contributed by atoms with Crippen LogP contribution in [0.15, 0.2) is 24.4 Å². The molecule has 1 aromatic heterocycles. The topological polar surface area (TPSA) is 29.9 Å². The molecule has 0 fully saturated rings. The zero-order chi connectivity index (χ0) is 14.1. The molecule has 1 aliphatic carbocycles. The molecule has 0 aliphatic heterocycles. The fraction of sp³-hybridized carbons (Fsp3) is 0.400. The molecule has 106 valence electrons. The van der Waals surface area contributed by atoms with E-state index in [-0.39, 0.29) is 0 Å². The number of benzene rings is 1. The first-order valence-corrected chi connectivity index (χ1v) is 7.72. The summed E-state index contributed by atoms with van der Waals surface area (Å²) in [5.74, 6) is 0. The van der Waals surface area contributed by atoms with Gasteiger partial charge in [0.05, 0.1) is 21.9 Å². The van der Waals surface area contributed by atoms with Gasteiger partial charge in [0.15, 0.2) is 0 Å². The van der Waals surface area contributed by atoms with Crippen LogP contribution in [0.1, 0.15) is 37.1 Å². The molecule has 5 heteroatoms. The third-order valence-electron chi connectivity index (χ3n) is 3.78. The second-order valence-corrected chi connectivity index (χ2v) is 5.87. The van der Waals surface area contributed by atoms with E-state index in [9.17, 15) is 0 Å². The molecule has 1 aliphatic rings. The van der Waals surface area contributed by atoms with Crippen LogP contribution in [-0.2, 0) is 6.42 Å².